The Morgan fingerprint density at radius 1 is 1.11 bits per heavy atom. The van der Waals surface area contributed by atoms with Crippen molar-refractivity contribution >= 4 is 23.2 Å². The van der Waals surface area contributed by atoms with E-state index in [1.807, 2.05) is 30.3 Å². The van der Waals surface area contributed by atoms with Gasteiger partial charge in [-0.15, -0.1) is 18.0 Å². The molecule has 0 saturated heterocycles. The summed E-state index contributed by atoms with van der Waals surface area (Å²) in [5, 5.41) is 2.04. The molecule has 0 heterocycles. The highest BCUT2D eigenvalue weighted by atomic mass is 35.5. The molecule has 2 nitrogen and oxygen atoms in total. The van der Waals surface area contributed by atoms with Crippen LogP contribution in [-0.2, 0) is 4.79 Å². The Kier molecular flexibility index (Phi) is 4.22. The van der Waals surface area contributed by atoms with E-state index in [0.717, 1.165) is 11.1 Å². The summed E-state index contributed by atoms with van der Waals surface area (Å²) in [5.41, 5.74) is 2.20. The van der Waals surface area contributed by atoms with Crippen LogP contribution in [-0.4, -0.2) is 5.91 Å². The Labute approximate surface area is 117 Å². The molecule has 3 heteroatoms. The van der Waals surface area contributed by atoms with E-state index in [0.29, 0.717) is 5.69 Å². The predicted molar refractivity (Wildman–Crippen MR) is 78.0 cm³/mol. The highest BCUT2D eigenvalue weighted by molar-refractivity contribution is 6.32. The highest BCUT2D eigenvalue weighted by Crippen LogP contribution is 2.22. The number of halogens is 1. The zero-order chi connectivity index (χ0) is 13.7. The number of rotatable bonds is 3. The van der Waals surface area contributed by atoms with Crippen LogP contribution in [0.3, 0.4) is 0 Å². The van der Waals surface area contributed by atoms with Gasteiger partial charge in [-0.2, -0.15) is 0 Å². The summed E-state index contributed by atoms with van der Waals surface area (Å²) >= 11 is 6.12. The third-order valence-electron chi connectivity index (χ3n) is 2.64. The molecule has 0 bridgehead atoms. The van der Waals surface area contributed by atoms with Crippen LogP contribution in [0.25, 0.3) is 0 Å². The van der Waals surface area contributed by atoms with Crippen molar-refractivity contribution in [2.45, 2.75) is 5.38 Å². The van der Waals surface area contributed by atoms with Crippen molar-refractivity contribution in [2.75, 3.05) is 5.32 Å². The second-order valence-electron chi connectivity index (χ2n) is 3.98. The van der Waals surface area contributed by atoms with Gasteiger partial charge in [0.05, 0.1) is 0 Å². The van der Waals surface area contributed by atoms with Crippen LogP contribution in [0.15, 0.2) is 54.6 Å². The number of terminal acetylenes is 1. The minimum atomic E-state index is -0.714. The molecule has 0 saturated carbocycles. The van der Waals surface area contributed by atoms with Gasteiger partial charge in [0.1, 0.15) is 5.38 Å². The highest BCUT2D eigenvalue weighted by Gasteiger charge is 2.17. The molecule has 2 aromatic carbocycles. The van der Waals surface area contributed by atoms with E-state index in [9.17, 15) is 4.79 Å². The summed E-state index contributed by atoms with van der Waals surface area (Å²) in [5.74, 6) is 2.25. The number of benzene rings is 2. The molecule has 0 aromatic heterocycles. The lowest BCUT2D eigenvalue weighted by molar-refractivity contribution is -0.116. The first kappa shape index (κ1) is 13.2. The van der Waals surface area contributed by atoms with Gasteiger partial charge in [-0.05, 0) is 29.8 Å². The van der Waals surface area contributed by atoms with E-state index in [-0.39, 0.29) is 5.91 Å². The van der Waals surface area contributed by atoms with Crippen molar-refractivity contribution in [3.63, 3.8) is 0 Å². The molecule has 1 amide bonds. The molecule has 0 unspecified atom stereocenters. The van der Waals surface area contributed by atoms with Crippen LogP contribution in [0, 0.1) is 12.3 Å². The SMILES string of the molecule is C#Cc1ccc(NC(=O)[C@H](Cl)c2ccccc2)cc1. The first-order chi connectivity index (χ1) is 9.20. The second kappa shape index (κ2) is 6.08. The lowest BCUT2D eigenvalue weighted by atomic mass is 10.1. The zero-order valence-electron chi connectivity index (χ0n) is 10.1. The van der Waals surface area contributed by atoms with Crippen molar-refractivity contribution in [3.05, 3.63) is 65.7 Å². The Hall–Kier alpha value is -2.24. The van der Waals surface area contributed by atoms with Gasteiger partial charge in [0.2, 0.25) is 5.91 Å². The van der Waals surface area contributed by atoms with Crippen molar-refractivity contribution in [3.8, 4) is 12.3 Å². The van der Waals surface area contributed by atoms with E-state index in [4.69, 9.17) is 18.0 Å². The standard InChI is InChI=1S/C16H12ClNO/c1-2-12-8-10-14(11-9-12)18-16(19)15(17)13-6-4-3-5-7-13/h1,3-11,15H,(H,18,19)/t15-/m1/s1. The Morgan fingerprint density at radius 2 is 1.74 bits per heavy atom. The van der Waals surface area contributed by atoms with Gasteiger partial charge in [-0.3, -0.25) is 4.79 Å². The van der Waals surface area contributed by atoms with E-state index in [2.05, 4.69) is 11.2 Å². The first-order valence-corrected chi connectivity index (χ1v) is 6.21. The number of hydrogen-bond donors (Lipinski definition) is 1. The summed E-state index contributed by atoms with van der Waals surface area (Å²) in [6, 6.07) is 16.2. The Morgan fingerprint density at radius 3 is 2.32 bits per heavy atom. The number of nitrogens with one attached hydrogen (secondary N) is 1. The normalized spacial score (nSPS) is 11.4. The van der Waals surface area contributed by atoms with Gasteiger partial charge in [0, 0.05) is 11.3 Å². The van der Waals surface area contributed by atoms with Gasteiger partial charge in [-0.1, -0.05) is 36.3 Å². The van der Waals surface area contributed by atoms with Crippen LogP contribution < -0.4 is 5.32 Å². The molecule has 0 aliphatic heterocycles. The van der Waals surface area contributed by atoms with Crippen molar-refractivity contribution in [1.82, 2.24) is 0 Å². The minimum absolute atomic E-state index is 0.263. The molecule has 0 aliphatic carbocycles. The number of alkyl halides is 1. The van der Waals surface area contributed by atoms with E-state index in [1.165, 1.54) is 0 Å². The quantitative estimate of drug-likeness (QED) is 0.670. The third-order valence-corrected chi connectivity index (χ3v) is 3.09. The Balaban J connectivity index is 2.06. The summed E-state index contributed by atoms with van der Waals surface area (Å²) in [4.78, 5) is 12.0. The van der Waals surface area contributed by atoms with Crippen LogP contribution >= 0.6 is 11.6 Å². The number of anilines is 1. The van der Waals surface area contributed by atoms with Crippen LogP contribution in [0.5, 0.6) is 0 Å². The average molecular weight is 270 g/mol. The summed E-state index contributed by atoms with van der Waals surface area (Å²) in [6.07, 6.45) is 5.27. The van der Waals surface area contributed by atoms with Crippen molar-refractivity contribution < 1.29 is 4.79 Å². The van der Waals surface area contributed by atoms with Gasteiger partial charge < -0.3 is 5.32 Å². The molecule has 0 spiro atoms. The smallest absolute Gasteiger partial charge is 0.246 e. The summed E-state index contributed by atoms with van der Waals surface area (Å²) < 4.78 is 0. The maximum Gasteiger partial charge on any atom is 0.246 e. The largest absolute Gasteiger partial charge is 0.325 e. The lowest BCUT2D eigenvalue weighted by Crippen LogP contribution is -2.17. The Bertz CT molecular complexity index is 599. The molecular weight excluding hydrogens is 258 g/mol. The number of amides is 1. The molecule has 0 aliphatic rings. The lowest BCUT2D eigenvalue weighted by Gasteiger charge is -2.10. The van der Waals surface area contributed by atoms with E-state index in [1.54, 1.807) is 24.3 Å². The van der Waals surface area contributed by atoms with Gasteiger partial charge in [0.25, 0.3) is 0 Å². The third kappa shape index (κ3) is 3.37. The van der Waals surface area contributed by atoms with Crippen LogP contribution in [0.1, 0.15) is 16.5 Å². The maximum atomic E-state index is 12.0. The van der Waals surface area contributed by atoms with Crippen molar-refractivity contribution in [1.29, 1.82) is 0 Å². The molecule has 19 heavy (non-hydrogen) atoms. The fourth-order valence-corrected chi connectivity index (χ4v) is 1.83. The van der Waals surface area contributed by atoms with E-state index < -0.39 is 5.38 Å². The van der Waals surface area contributed by atoms with Gasteiger partial charge in [-0.25, -0.2) is 0 Å². The number of carbonyl (C=O) groups is 1. The fourth-order valence-electron chi connectivity index (χ4n) is 1.63. The van der Waals surface area contributed by atoms with Gasteiger partial charge in [0.15, 0.2) is 0 Å². The predicted octanol–water partition coefficient (Wildman–Crippen LogP) is 3.59. The van der Waals surface area contributed by atoms with Crippen molar-refractivity contribution in [2.24, 2.45) is 0 Å². The molecular formula is C16H12ClNO. The second-order valence-corrected chi connectivity index (χ2v) is 4.42. The average Bonchev–Trinajstić information content (AvgIpc) is 2.48. The van der Waals surface area contributed by atoms with Crippen LogP contribution in [0.4, 0.5) is 5.69 Å². The minimum Gasteiger partial charge on any atom is -0.325 e. The molecule has 0 radical (unpaired) electrons. The summed E-state index contributed by atoms with van der Waals surface area (Å²) in [7, 11) is 0. The first-order valence-electron chi connectivity index (χ1n) is 5.77. The molecule has 2 aromatic rings. The molecule has 94 valence electrons. The van der Waals surface area contributed by atoms with Crippen LogP contribution in [0.2, 0.25) is 0 Å². The fraction of sp³-hybridized carbons (Fsp3) is 0.0625. The summed E-state index contributed by atoms with van der Waals surface area (Å²) in [6.45, 7) is 0. The molecule has 0 fully saturated rings. The van der Waals surface area contributed by atoms with Gasteiger partial charge >= 0.3 is 0 Å². The molecule has 1 N–H and O–H groups in total. The topological polar surface area (TPSA) is 29.1 Å². The number of carbonyl (C=O) groups excluding carboxylic acids is 1. The molecule has 1 atom stereocenters. The molecule has 2 rings (SSSR count). The monoisotopic (exact) mass is 269 g/mol. The maximum absolute atomic E-state index is 12.0. The van der Waals surface area contributed by atoms with E-state index >= 15 is 0 Å². The zero-order valence-corrected chi connectivity index (χ0v) is 10.9. The number of hydrogen-bond acceptors (Lipinski definition) is 1.